The number of nitrogens with zero attached hydrogens (tertiary/aromatic N) is 3. The average molecular weight is 236 g/mol. The highest BCUT2D eigenvalue weighted by atomic mass is 15.2. The third-order valence-corrected chi connectivity index (χ3v) is 2.47. The van der Waals surface area contributed by atoms with Crippen molar-refractivity contribution in [1.29, 1.82) is 0 Å². The lowest BCUT2D eigenvalue weighted by atomic mass is 10.2. The van der Waals surface area contributed by atoms with Crippen LogP contribution in [-0.4, -0.2) is 29.6 Å². The van der Waals surface area contributed by atoms with Crippen LogP contribution in [0.15, 0.2) is 6.07 Å². The molecule has 0 saturated carbocycles. The van der Waals surface area contributed by atoms with Crippen LogP contribution in [0.1, 0.15) is 33.4 Å². The smallest absolute Gasteiger partial charge is 0.224 e. The van der Waals surface area contributed by atoms with Crippen molar-refractivity contribution in [1.82, 2.24) is 9.97 Å². The molecule has 0 radical (unpaired) electrons. The summed E-state index contributed by atoms with van der Waals surface area (Å²) in [6, 6.07) is 2.05. The molecule has 0 atom stereocenters. The fourth-order valence-corrected chi connectivity index (χ4v) is 1.78. The first-order chi connectivity index (χ1) is 8.06. The summed E-state index contributed by atoms with van der Waals surface area (Å²) >= 11 is 0. The van der Waals surface area contributed by atoms with Crippen LogP contribution in [0.4, 0.5) is 11.8 Å². The van der Waals surface area contributed by atoms with Gasteiger partial charge in [0, 0.05) is 31.4 Å². The van der Waals surface area contributed by atoms with Gasteiger partial charge in [-0.15, -0.1) is 0 Å². The normalized spacial score (nSPS) is 10.7. The summed E-state index contributed by atoms with van der Waals surface area (Å²) in [7, 11) is 0. The van der Waals surface area contributed by atoms with Gasteiger partial charge in [-0.2, -0.15) is 4.98 Å². The van der Waals surface area contributed by atoms with Gasteiger partial charge >= 0.3 is 0 Å². The lowest BCUT2D eigenvalue weighted by Gasteiger charge is -2.24. The van der Waals surface area contributed by atoms with Gasteiger partial charge in [0.25, 0.3) is 0 Å². The molecule has 0 amide bonds. The molecular weight excluding hydrogens is 212 g/mol. The molecule has 4 heteroatoms. The van der Waals surface area contributed by atoms with Crippen LogP contribution in [0.2, 0.25) is 0 Å². The number of nitrogens with one attached hydrogen (secondary N) is 1. The van der Waals surface area contributed by atoms with Crippen LogP contribution in [0.5, 0.6) is 0 Å². The molecule has 0 spiro atoms. The Morgan fingerprint density at radius 1 is 1.29 bits per heavy atom. The molecule has 0 fully saturated rings. The molecule has 1 aromatic heterocycles. The second-order valence-corrected chi connectivity index (χ2v) is 4.65. The van der Waals surface area contributed by atoms with E-state index in [1.54, 1.807) is 0 Å². The summed E-state index contributed by atoms with van der Waals surface area (Å²) < 4.78 is 0. The summed E-state index contributed by atoms with van der Waals surface area (Å²) in [6.45, 7) is 13.5. The summed E-state index contributed by atoms with van der Waals surface area (Å²) in [6.07, 6.45) is 0. The van der Waals surface area contributed by atoms with Crippen molar-refractivity contribution < 1.29 is 0 Å². The number of hydrogen-bond acceptors (Lipinski definition) is 4. The molecule has 0 aromatic carbocycles. The van der Waals surface area contributed by atoms with E-state index in [9.17, 15) is 0 Å². The summed E-state index contributed by atoms with van der Waals surface area (Å²) in [5.41, 5.74) is 1.01. The van der Waals surface area contributed by atoms with Crippen LogP contribution in [-0.2, 0) is 0 Å². The zero-order chi connectivity index (χ0) is 12.8. The predicted molar refractivity (Wildman–Crippen MR) is 73.7 cm³/mol. The van der Waals surface area contributed by atoms with E-state index in [4.69, 9.17) is 0 Å². The van der Waals surface area contributed by atoms with E-state index in [-0.39, 0.29) is 0 Å². The number of aromatic nitrogens is 2. The number of aryl methyl sites for hydroxylation is 1. The van der Waals surface area contributed by atoms with Gasteiger partial charge in [0.2, 0.25) is 5.95 Å². The van der Waals surface area contributed by atoms with Crippen molar-refractivity contribution in [3.8, 4) is 0 Å². The van der Waals surface area contributed by atoms with Gasteiger partial charge in [0.05, 0.1) is 0 Å². The molecule has 0 aliphatic rings. The second kappa shape index (κ2) is 6.42. The van der Waals surface area contributed by atoms with Crippen molar-refractivity contribution in [3.05, 3.63) is 11.8 Å². The number of rotatable bonds is 6. The Balaban J connectivity index is 2.93. The van der Waals surface area contributed by atoms with E-state index in [1.165, 1.54) is 0 Å². The molecular formula is C13H24N4. The lowest BCUT2D eigenvalue weighted by molar-refractivity contribution is 0.614. The van der Waals surface area contributed by atoms with Crippen molar-refractivity contribution in [2.45, 2.75) is 34.6 Å². The van der Waals surface area contributed by atoms with E-state index < -0.39 is 0 Å². The first-order valence-corrected chi connectivity index (χ1v) is 6.41. The summed E-state index contributed by atoms with van der Waals surface area (Å²) in [5, 5.41) is 3.17. The van der Waals surface area contributed by atoms with Crippen LogP contribution in [0.3, 0.4) is 0 Å². The molecule has 1 N–H and O–H groups in total. The second-order valence-electron chi connectivity index (χ2n) is 4.65. The van der Waals surface area contributed by atoms with E-state index in [1.807, 2.05) is 13.0 Å². The first kappa shape index (κ1) is 13.7. The molecule has 0 aliphatic carbocycles. The molecule has 4 nitrogen and oxygen atoms in total. The molecule has 1 aromatic rings. The minimum Gasteiger partial charge on any atom is -0.356 e. The van der Waals surface area contributed by atoms with Gasteiger partial charge in [-0.3, -0.25) is 0 Å². The van der Waals surface area contributed by atoms with E-state index >= 15 is 0 Å². The van der Waals surface area contributed by atoms with E-state index in [0.717, 1.165) is 37.1 Å². The molecule has 0 saturated heterocycles. The highest BCUT2D eigenvalue weighted by molar-refractivity contribution is 5.44. The molecule has 96 valence electrons. The first-order valence-electron chi connectivity index (χ1n) is 6.41. The predicted octanol–water partition coefficient (Wildman–Crippen LogP) is 2.70. The van der Waals surface area contributed by atoms with Gasteiger partial charge < -0.3 is 10.2 Å². The minimum atomic E-state index is 0.632. The van der Waals surface area contributed by atoms with E-state index in [0.29, 0.717) is 5.92 Å². The quantitative estimate of drug-likeness (QED) is 0.824. The Labute approximate surface area is 104 Å². The third kappa shape index (κ3) is 4.21. The molecule has 0 bridgehead atoms. The fourth-order valence-electron chi connectivity index (χ4n) is 1.78. The molecule has 0 unspecified atom stereocenters. The molecule has 1 rings (SSSR count). The Hall–Kier alpha value is -1.32. The molecule has 1 heterocycles. The van der Waals surface area contributed by atoms with Crippen LogP contribution in [0.25, 0.3) is 0 Å². The highest BCUT2D eigenvalue weighted by Gasteiger charge is 2.10. The van der Waals surface area contributed by atoms with Crippen LogP contribution in [0, 0.1) is 12.8 Å². The standard InChI is InChI=1S/C13H24N4/c1-6-14-13-15-11(5)8-12(16-13)17(7-2)9-10(3)4/h8,10H,6-7,9H2,1-5H3,(H,14,15,16). The van der Waals surface area contributed by atoms with Crippen LogP contribution >= 0.6 is 0 Å². The van der Waals surface area contributed by atoms with Gasteiger partial charge in [-0.1, -0.05) is 13.8 Å². The van der Waals surface area contributed by atoms with Crippen molar-refractivity contribution in [2.75, 3.05) is 29.9 Å². The summed E-state index contributed by atoms with van der Waals surface area (Å²) in [4.78, 5) is 11.2. The maximum atomic E-state index is 4.55. The number of hydrogen-bond donors (Lipinski definition) is 1. The summed E-state index contributed by atoms with van der Waals surface area (Å²) in [5.74, 6) is 2.38. The largest absolute Gasteiger partial charge is 0.356 e. The van der Waals surface area contributed by atoms with Crippen LogP contribution < -0.4 is 10.2 Å². The molecule has 0 aliphatic heterocycles. The molecule has 17 heavy (non-hydrogen) atoms. The van der Waals surface area contributed by atoms with Gasteiger partial charge in [-0.05, 0) is 26.7 Å². The SMILES string of the molecule is CCNc1nc(C)cc(N(CC)CC(C)C)n1. The van der Waals surface area contributed by atoms with Gasteiger partial charge in [0.1, 0.15) is 5.82 Å². The average Bonchev–Trinajstić information content (AvgIpc) is 2.25. The topological polar surface area (TPSA) is 41.1 Å². The van der Waals surface area contributed by atoms with Gasteiger partial charge in [-0.25, -0.2) is 4.98 Å². The van der Waals surface area contributed by atoms with E-state index in [2.05, 4.69) is 47.9 Å². The monoisotopic (exact) mass is 236 g/mol. The van der Waals surface area contributed by atoms with Crippen molar-refractivity contribution >= 4 is 11.8 Å². The Morgan fingerprint density at radius 2 is 2.00 bits per heavy atom. The number of anilines is 2. The minimum absolute atomic E-state index is 0.632. The lowest BCUT2D eigenvalue weighted by Crippen LogP contribution is -2.28. The highest BCUT2D eigenvalue weighted by Crippen LogP contribution is 2.16. The zero-order valence-corrected chi connectivity index (χ0v) is 11.6. The Kier molecular flexibility index (Phi) is 5.19. The third-order valence-electron chi connectivity index (χ3n) is 2.47. The zero-order valence-electron chi connectivity index (χ0n) is 11.6. The fraction of sp³-hybridized carbons (Fsp3) is 0.692. The van der Waals surface area contributed by atoms with Crippen molar-refractivity contribution in [2.24, 2.45) is 5.92 Å². The maximum Gasteiger partial charge on any atom is 0.224 e. The Morgan fingerprint density at radius 3 is 2.53 bits per heavy atom. The Bertz CT molecular complexity index is 349. The van der Waals surface area contributed by atoms with Crippen molar-refractivity contribution in [3.63, 3.8) is 0 Å². The van der Waals surface area contributed by atoms with Gasteiger partial charge in [0.15, 0.2) is 0 Å². The maximum absolute atomic E-state index is 4.55.